The van der Waals surface area contributed by atoms with Gasteiger partial charge in [-0.25, -0.2) is 0 Å². The van der Waals surface area contributed by atoms with Crippen molar-refractivity contribution in [1.29, 1.82) is 5.26 Å². The molecule has 2 aromatic carbocycles. The molecule has 0 aromatic heterocycles. The highest BCUT2D eigenvalue weighted by molar-refractivity contribution is 5.84. The fourth-order valence-electron chi connectivity index (χ4n) is 4.43. The highest BCUT2D eigenvalue weighted by Gasteiger charge is 2.24. The highest BCUT2D eigenvalue weighted by Crippen LogP contribution is 2.33. The first-order chi connectivity index (χ1) is 14.5. The molecule has 3 atom stereocenters. The van der Waals surface area contributed by atoms with Crippen molar-refractivity contribution in [3.05, 3.63) is 59.7 Å². The monoisotopic (exact) mass is 403 g/mol. The third-order valence-electron chi connectivity index (χ3n) is 6.21. The lowest BCUT2D eigenvalue weighted by molar-refractivity contribution is -0.122. The number of nitriles is 1. The molecule has 1 aliphatic heterocycles. The molecule has 2 aromatic rings. The van der Waals surface area contributed by atoms with Gasteiger partial charge in [-0.05, 0) is 65.9 Å². The molecule has 4 heteroatoms. The predicted molar refractivity (Wildman–Crippen MR) is 122 cm³/mol. The second-order valence-electron chi connectivity index (χ2n) is 8.85. The Kier molecular flexibility index (Phi) is 7.65. The van der Waals surface area contributed by atoms with Crippen LogP contribution in [-0.4, -0.2) is 25.5 Å². The molecule has 158 valence electrons. The Morgan fingerprint density at radius 1 is 1.13 bits per heavy atom. The van der Waals surface area contributed by atoms with Crippen molar-refractivity contribution in [2.45, 2.75) is 45.4 Å². The summed E-state index contributed by atoms with van der Waals surface area (Å²) in [7, 11) is 0. The van der Waals surface area contributed by atoms with Crippen LogP contribution in [0.15, 0.2) is 48.5 Å². The van der Waals surface area contributed by atoms with Crippen LogP contribution in [0.2, 0.25) is 0 Å². The number of hydrogen-bond acceptors (Lipinski definition) is 3. The molecule has 3 unspecified atom stereocenters. The fraction of sp³-hybridized carbons (Fsp3) is 0.462. The van der Waals surface area contributed by atoms with Crippen LogP contribution in [0, 0.1) is 23.2 Å². The quantitative estimate of drug-likeness (QED) is 0.620. The molecule has 2 N–H and O–H groups in total. The van der Waals surface area contributed by atoms with Crippen molar-refractivity contribution >= 4 is 5.91 Å². The second kappa shape index (κ2) is 10.4. The Morgan fingerprint density at radius 2 is 1.80 bits per heavy atom. The molecule has 0 aliphatic carbocycles. The fourth-order valence-corrected chi connectivity index (χ4v) is 4.43. The van der Waals surface area contributed by atoms with E-state index in [0.29, 0.717) is 17.8 Å². The standard InChI is InChI=1S/C26H33N3O/c1-18(2)14-25(26(30)29-13-11-27)23-9-5-8-22(16-23)21-7-4-6-20(15-21)19(3)24-10-12-28-17-24/h4-9,15-16,18-19,24-25,28H,10,12-14,17H2,1-3H3,(H,29,30). The maximum absolute atomic E-state index is 12.7. The molecule has 1 fully saturated rings. The minimum atomic E-state index is -0.245. The first kappa shape index (κ1) is 22.1. The van der Waals surface area contributed by atoms with Crippen LogP contribution in [0.1, 0.15) is 56.6 Å². The topological polar surface area (TPSA) is 64.9 Å². The van der Waals surface area contributed by atoms with Crippen molar-refractivity contribution in [1.82, 2.24) is 10.6 Å². The van der Waals surface area contributed by atoms with Crippen LogP contribution in [0.25, 0.3) is 11.1 Å². The van der Waals surface area contributed by atoms with E-state index in [2.05, 4.69) is 67.8 Å². The van der Waals surface area contributed by atoms with Crippen LogP contribution in [0.5, 0.6) is 0 Å². The summed E-state index contributed by atoms with van der Waals surface area (Å²) in [6, 6.07) is 19.1. The van der Waals surface area contributed by atoms with Crippen LogP contribution in [-0.2, 0) is 4.79 Å². The Morgan fingerprint density at radius 3 is 2.40 bits per heavy atom. The van der Waals surface area contributed by atoms with Crippen molar-refractivity contribution in [2.24, 2.45) is 11.8 Å². The van der Waals surface area contributed by atoms with Gasteiger partial charge in [0, 0.05) is 0 Å². The van der Waals surface area contributed by atoms with Crippen molar-refractivity contribution in [3.63, 3.8) is 0 Å². The van der Waals surface area contributed by atoms with E-state index < -0.39 is 0 Å². The molecule has 1 heterocycles. The largest absolute Gasteiger partial charge is 0.342 e. The summed E-state index contributed by atoms with van der Waals surface area (Å²) in [4.78, 5) is 12.7. The molecule has 0 saturated carbocycles. The van der Waals surface area contributed by atoms with Gasteiger partial charge < -0.3 is 10.6 Å². The second-order valence-corrected chi connectivity index (χ2v) is 8.85. The van der Waals surface area contributed by atoms with E-state index in [0.717, 1.165) is 30.6 Å². The summed E-state index contributed by atoms with van der Waals surface area (Å²) in [5.74, 6) is 1.28. The third kappa shape index (κ3) is 5.49. The van der Waals surface area contributed by atoms with Crippen LogP contribution in [0.4, 0.5) is 0 Å². The molecule has 1 amide bonds. The van der Waals surface area contributed by atoms with Gasteiger partial charge in [-0.1, -0.05) is 69.3 Å². The van der Waals surface area contributed by atoms with E-state index in [4.69, 9.17) is 5.26 Å². The van der Waals surface area contributed by atoms with Gasteiger partial charge in [0.1, 0.15) is 6.54 Å². The molecule has 0 radical (unpaired) electrons. The van der Waals surface area contributed by atoms with Crippen LogP contribution < -0.4 is 10.6 Å². The summed E-state index contributed by atoms with van der Waals surface area (Å²) in [5.41, 5.74) is 4.70. The first-order valence-corrected chi connectivity index (χ1v) is 11.0. The molecule has 4 nitrogen and oxygen atoms in total. The Hall–Kier alpha value is -2.64. The Balaban J connectivity index is 1.87. The molecular formula is C26H33N3O. The third-order valence-corrected chi connectivity index (χ3v) is 6.21. The van der Waals surface area contributed by atoms with E-state index in [-0.39, 0.29) is 18.4 Å². The summed E-state index contributed by atoms with van der Waals surface area (Å²) >= 11 is 0. The highest BCUT2D eigenvalue weighted by atomic mass is 16.1. The minimum Gasteiger partial charge on any atom is -0.342 e. The van der Waals surface area contributed by atoms with E-state index in [1.165, 1.54) is 17.5 Å². The van der Waals surface area contributed by atoms with Crippen molar-refractivity contribution in [3.8, 4) is 17.2 Å². The maximum atomic E-state index is 12.7. The van der Waals surface area contributed by atoms with E-state index in [1.54, 1.807) is 0 Å². The zero-order valence-corrected chi connectivity index (χ0v) is 18.3. The molecule has 3 rings (SSSR count). The summed E-state index contributed by atoms with van der Waals surface area (Å²) in [5, 5.41) is 15.0. The van der Waals surface area contributed by atoms with Gasteiger partial charge in [0.15, 0.2) is 0 Å². The zero-order chi connectivity index (χ0) is 21.5. The lowest BCUT2D eigenvalue weighted by Gasteiger charge is -2.21. The molecule has 0 spiro atoms. The maximum Gasteiger partial charge on any atom is 0.228 e. The molecule has 1 aliphatic rings. The average Bonchev–Trinajstić information content (AvgIpc) is 3.30. The van der Waals surface area contributed by atoms with Gasteiger partial charge in [0.25, 0.3) is 0 Å². The smallest absolute Gasteiger partial charge is 0.228 e. The number of hydrogen-bond donors (Lipinski definition) is 2. The molecule has 1 saturated heterocycles. The number of nitrogens with zero attached hydrogens (tertiary/aromatic N) is 1. The number of amides is 1. The van der Waals surface area contributed by atoms with Gasteiger partial charge in [-0.2, -0.15) is 5.26 Å². The Labute approximate surface area is 180 Å². The van der Waals surface area contributed by atoms with E-state index in [1.807, 2.05) is 18.2 Å². The summed E-state index contributed by atoms with van der Waals surface area (Å²) < 4.78 is 0. The van der Waals surface area contributed by atoms with Gasteiger partial charge in [0.05, 0.1) is 12.0 Å². The number of nitrogens with one attached hydrogen (secondary N) is 2. The van der Waals surface area contributed by atoms with Gasteiger partial charge in [0.2, 0.25) is 5.91 Å². The average molecular weight is 404 g/mol. The summed E-state index contributed by atoms with van der Waals surface area (Å²) in [6.07, 6.45) is 1.99. The number of rotatable bonds is 8. The number of carbonyl (C=O) groups excluding carboxylic acids is 1. The first-order valence-electron chi connectivity index (χ1n) is 11.0. The van der Waals surface area contributed by atoms with E-state index >= 15 is 0 Å². The lowest BCUT2D eigenvalue weighted by atomic mass is 9.85. The lowest BCUT2D eigenvalue weighted by Crippen LogP contribution is -2.30. The minimum absolute atomic E-state index is 0.0447. The molecule has 0 bridgehead atoms. The zero-order valence-electron chi connectivity index (χ0n) is 18.3. The van der Waals surface area contributed by atoms with Crippen LogP contribution >= 0.6 is 0 Å². The van der Waals surface area contributed by atoms with Crippen molar-refractivity contribution in [2.75, 3.05) is 19.6 Å². The van der Waals surface area contributed by atoms with Crippen LogP contribution in [0.3, 0.4) is 0 Å². The number of benzene rings is 2. The molecular weight excluding hydrogens is 370 g/mol. The predicted octanol–water partition coefficient (Wildman–Crippen LogP) is 4.84. The van der Waals surface area contributed by atoms with E-state index in [9.17, 15) is 4.79 Å². The van der Waals surface area contributed by atoms with Gasteiger partial charge in [-0.15, -0.1) is 0 Å². The van der Waals surface area contributed by atoms with Crippen molar-refractivity contribution < 1.29 is 4.79 Å². The summed E-state index contributed by atoms with van der Waals surface area (Å²) in [6.45, 7) is 8.82. The van der Waals surface area contributed by atoms with Gasteiger partial charge >= 0.3 is 0 Å². The Bertz CT molecular complexity index is 893. The number of carbonyl (C=O) groups is 1. The van der Waals surface area contributed by atoms with Gasteiger partial charge in [-0.3, -0.25) is 4.79 Å². The normalized spacial score (nSPS) is 18.0. The SMILES string of the molecule is CC(C)CC(C(=O)NCC#N)c1cccc(-c2cccc(C(C)C3CCNC3)c2)c1. The molecule has 30 heavy (non-hydrogen) atoms.